The van der Waals surface area contributed by atoms with Crippen molar-refractivity contribution < 1.29 is 23.9 Å². The number of methoxy groups -OCH3 is 2. The Morgan fingerprint density at radius 2 is 1.64 bits per heavy atom. The van der Waals surface area contributed by atoms with Crippen molar-refractivity contribution in [3.63, 3.8) is 0 Å². The third-order valence-electron chi connectivity index (χ3n) is 8.32. The molecule has 2 aromatic carbocycles. The van der Waals surface area contributed by atoms with E-state index >= 15 is 0 Å². The molecule has 2 saturated heterocycles. The highest BCUT2D eigenvalue weighted by Gasteiger charge is 2.42. The molecule has 1 unspecified atom stereocenters. The van der Waals surface area contributed by atoms with Crippen molar-refractivity contribution >= 4 is 23.5 Å². The second kappa shape index (κ2) is 12.5. The summed E-state index contributed by atoms with van der Waals surface area (Å²) in [5, 5.41) is 8.67. The monoisotopic (exact) mass is 571 g/mol. The van der Waals surface area contributed by atoms with Gasteiger partial charge < -0.3 is 30.3 Å². The third kappa shape index (κ3) is 5.88. The van der Waals surface area contributed by atoms with Gasteiger partial charge >= 0.3 is 0 Å². The number of anilines is 1. The number of aromatic nitrogens is 1. The number of amides is 3. The number of piperidine rings is 1. The molecule has 3 amide bonds. The van der Waals surface area contributed by atoms with E-state index in [1.807, 2.05) is 31.2 Å². The van der Waals surface area contributed by atoms with Crippen LogP contribution in [0.4, 0.5) is 5.82 Å². The average Bonchev–Trinajstić information content (AvgIpc) is 3.29. The number of likely N-dealkylation sites (N-methyl/N-ethyl adjacent to an activating group) is 1. The Morgan fingerprint density at radius 3 is 2.24 bits per heavy atom. The van der Waals surface area contributed by atoms with Gasteiger partial charge in [-0.1, -0.05) is 18.2 Å². The number of ether oxygens (including phenoxy) is 2. The van der Waals surface area contributed by atoms with E-state index in [0.717, 1.165) is 37.1 Å². The summed E-state index contributed by atoms with van der Waals surface area (Å²) in [4.78, 5) is 45.7. The standard InChI is InChI=1S/C32H37N5O5/c1-19-26(6-5-7-27(19)42-4)31(39)35-22-16-23-11-12-24(17-22)37(23)28-15-10-21(18-34-28)30(38)36-29(32(40)33-2)20-8-13-25(41-3)14-9-20/h5-10,13-15,18,22-24,29H,11-12,16-17H2,1-4H3,(H,33,40)(H,35,39)(H,36,38)/t22?,23-,24+,29-/m0/s1. The molecule has 4 atom stereocenters. The number of nitrogens with zero attached hydrogens (tertiary/aromatic N) is 2. The van der Waals surface area contributed by atoms with Crippen LogP contribution in [0, 0.1) is 6.92 Å². The van der Waals surface area contributed by atoms with Crippen LogP contribution < -0.4 is 30.3 Å². The quantitative estimate of drug-likeness (QED) is 0.359. The molecule has 2 fully saturated rings. The summed E-state index contributed by atoms with van der Waals surface area (Å²) in [7, 11) is 4.71. The fourth-order valence-corrected chi connectivity index (χ4v) is 6.14. The molecule has 2 bridgehead atoms. The van der Waals surface area contributed by atoms with E-state index in [0.29, 0.717) is 28.2 Å². The predicted octanol–water partition coefficient (Wildman–Crippen LogP) is 3.55. The number of hydrogen-bond acceptors (Lipinski definition) is 7. The fraction of sp³-hybridized carbons (Fsp3) is 0.375. The molecule has 10 heteroatoms. The van der Waals surface area contributed by atoms with E-state index < -0.39 is 11.9 Å². The van der Waals surface area contributed by atoms with Crippen molar-refractivity contribution in [1.82, 2.24) is 20.9 Å². The lowest BCUT2D eigenvalue weighted by atomic mass is 9.96. The maximum absolute atomic E-state index is 13.1. The second-order valence-electron chi connectivity index (χ2n) is 10.8. The van der Waals surface area contributed by atoms with Crippen molar-refractivity contribution in [3.8, 4) is 11.5 Å². The van der Waals surface area contributed by atoms with Crippen LogP contribution in [-0.2, 0) is 4.79 Å². The molecule has 0 spiro atoms. The highest BCUT2D eigenvalue weighted by atomic mass is 16.5. The summed E-state index contributed by atoms with van der Waals surface area (Å²) >= 11 is 0. The van der Waals surface area contributed by atoms with Gasteiger partial charge in [0.05, 0.1) is 19.8 Å². The Kier molecular flexibility index (Phi) is 8.61. The lowest BCUT2D eigenvalue weighted by molar-refractivity contribution is -0.122. The zero-order chi connectivity index (χ0) is 29.8. The van der Waals surface area contributed by atoms with E-state index in [1.54, 1.807) is 50.7 Å². The molecule has 42 heavy (non-hydrogen) atoms. The Labute approximate surface area is 245 Å². The van der Waals surface area contributed by atoms with Gasteiger partial charge in [0.25, 0.3) is 11.8 Å². The highest BCUT2D eigenvalue weighted by Crippen LogP contribution is 2.38. The number of fused-ring (bicyclic) bond motifs is 2. The van der Waals surface area contributed by atoms with Gasteiger partial charge in [-0.25, -0.2) is 4.98 Å². The molecule has 5 rings (SSSR count). The van der Waals surface area contributed by atoms with Crippen LogP contribution in [0.15, 0.2) is 60.8 Å². The molecule has 2 aliphatic rings. The first-order chi connectivity index (χ1) is 20.3. The van der Waals surface area contributed by atoms with Crippen LogP contribution in [0.3, 0.4) is 0 Å². The SMILES string of the molecule is CNC(=O)[C@@H](NC(=O)c1ccc(N2[C@@H]3CC[C@H]2CC(NC(=O)c2cccc(OC)c2C)C3)nc1)c1ccc(OC)cc1. The Morgan fingerprint density at radius 1 is 0.929 bits per heavy atom. The number of benzene rings is 2. The van der Waals surface area contributed by atoms with Crippen LogP contribution >= 0.6 is 0 Å². The molecular formula is C32H37N5O5. The van der Waals surface area contributed by atoms with Gasteiger partial charge in [0.2, 0.25) is 5.91 Å². The molecule has 3 aromatic rings. The molecule has 2 aliphatic heterocycles. The van der Waals surface area contributed by atoms with Gasteiger partial charge in [-0.3, -0.25) is 14.4 Å². The van der Waals surface area contributed by atoms with Crippen LogP contribution in [-0.4, -0.2) is 62.1 Å². The molecule has 1 aromatic heterocycles. The minimum atomic E-state index is -0.862. The number of carbonyl (C=O) groups excluding carboxylic acids is 3. The van der Waals surface area contributed by atoms with Crippen molar-refractivity contribution in [2.24, 2.45) is 0 Å². The number of hydrogen-bond donors (Lipinski definition) is 3. The largest absolute Gasteiger partial charge is 0.497 e. The predicted molar refractivity (Wildman–Crippen MR) is 159 cm³/mol. The summed E-state index contributed by atoms with van der Waals surface area (Å²) in [6.07, 6.45) is 5.25. The normalized spacial score (nSPS) is 19.9. The van der Waals surface area contributed by atoms with Crippen molar-refractivity contribution in [2.45, 2.75) is 56.8 Å². The first-order valence-electron chi connectivity index (χ1n) is 14.2. The summed E-state index contributed by atoms with van der Waals surface area (Å²) in [6.45, 7) is 1.90. The minimum Gasteiger partial charge on any atom is -0.497 e. The first kappa shape index (κ1) is 28.9. The fourth-order valence-electron chi connectivity index (χ4n) is 6.14. The van der Waals surface area contributed by atoms with Gasteiger partial charge in [0.1, 0.15) is 23.4 Å². The minimum absolute atomic E-state index is 0.0708. The maximum atomic E-state index is 13.1. The van der Waals surface area contributed by atoms with Crippen LogP contribution in [0.1, 0.15) is 63.6 Å². The summed E-state index contributed by atoms with van der Waals surface area (Å²) < 4.78 is 10.6. The number of nitrogens with one attached hydrogen (secondary N) is 3. The number of rotatable bonds is 9. The molecular weight excluding hydrogens is 534 g/mol. The lowest BCUT2D eigenvalue weighted by Crippen LogP contribution is -2.50. The maximum Gasteiger partial charge on any atom is 0.253 e. The van der Waals surface area contributed by atoms with Gasteiger partial charge in [-0.05, 0) is 74.6 Å². The number of pyridine rings is 1. The van der Waals surface area contributed by atoms with Gasteiger partial charge in [-0.2, -0.15) is 0 Å². The number of carbonyl (C=O) groups is 3. The van der Waals surface area contributed by atoms with Crippen molar-refractivity contribution in [1.29, 1.82) is 0 Å². The van der Waals surface area contributed by atoms with Gasteiger partial charge in [0.15, 0.2) is 0 Å². The van der Waals surface area contributed by atoms with E-state index in [4.69, 9.17) is 9.47 Å². The lowest BCUT2D eigenvalue weighted by Gasteiger charge is -2.40. The van der Waals surface area contributed by atoms with Crippen LogP contribution in [0.25, 0.3) is 0 Å². The van der Waals surface area contributed by atoms with Gasteiger partial charge in [0, 0.05) is 42.5 Å². The molecule has 0 radical (unpaired) electrons. The third-order valence-corrected chi connectivity index (χ3v) is 8.32. The topological polar surface area (TPSA) is 122 Å². The second-order valence-corrected chi connectivity index (χ2v) is 10.8. The molecule has 0 saturated carbocycles. The molecule has 10 nitrogen and oxygen atoms in total. The van der Waals surface area contributed by atoms with Crippen molar-refractivity contribution in [3.05, 3.63) is 83.0 Å². The molecule has 220 valence electrons. The molecule has 3 N–H and O–H groups in total. The average molecular weight is 572 g/mol. The molecule has 3 heterocycles. The van der Waals surface area contributed by atoms with Crippen LogP contribution in [0.2, 0.25) is 0 Å². The Balaban J connectivity index is 1.23. The van der Waals surface area contributed by atoms with E-state index in [9.17, 15) is 14.4 Å². The highest BCUT2D eigenvalue weighted by molar-refractivity contribution is 5.98. The Hall–Kier alpha value is -4.60. The first-order valence-corrected chi connectivity index (χ1v) is 14.2. The van der Waals surface area contributed by atoms with E-state index in [2.05, 4.69) is 25.8 Å². The Bertz CT molecular complexity index is 1430. The van der Waals surface area contributed by atoms with E-state index in [-0.39, 0.29) is 29.9 Å². The summed E-state index contributed by atoms with van der Waals surface area (Å²) in [6, 6.07) is 15.8. The zero-order valence-corrected chi connectivity index (χ0v) is 24.3. The smallest absolute Gasteiger partial charge is 0.253 e. The van der Waals surface area contributed by atoms with E-state index in [1.165, 1.54) is 7.05 Å². The molecule has 0 aliphatic carbocycles. The van der Waals surface area contributed by atoms with Crippen molar-refractivity contribution in [2.75, 3.05) is 26.2 Å². The summed E-state index contributed by atoms with van der Waals surface area (Å²) in [5.74, 6) is 1.37. The zero-order valence-electron chi connectivity index (χ0n) is 24.3. The van der Waals surface area contributed by atoms with Gasteiger partial charge in [-0.15, -0.1) is 0 Å². The van der Waals surface area contributed by atoms with Crippen LogP contribution in [0.5, 0.6) is 11.5 Å². The summed E-state index contributed by atoms with van der Waals surface area (Å²) in [5.41, 5.74) is 2.47.